The standard InChI is InChI=1S/C26H42N2O2S/c1-3-4-5-6-8-14-19-23-24(20-15-9-7-10-16-21-25(29)30-2)28(23)26(31)27-22-17-12-11-13-18-22/h11-13,17-18,23-24H,3-10,14-16,19-21H2,1-2H3,(H,27,31)/t23-,24+,28?/m1/s1. The van der Waals surface area contributed by atoms with E-state index in [1.807, 2.05) is 18.2 Å². The summed E-state index contributed by atoms with van der Waals surface area (Å²) in [5, 5.41) is 4.31. The first-order valence-corrected chi connectivity index (χ1v) is 12.8. The van der Waals surface area contributed by atoms with Gasteiger partial charge in [-0.15, -0.1) is 0 Å². The minimum Gasteiger partial charge on any atom is -0.469 e. The van der Waals surface area contributed by atoms with Crippen molar-refractivity contribution in [3.05, 3.63) is 30.3 Å². The van der Waals surface area contributed by atoms with Gasteiger partial charge in [0.15, 0.2) is 5.11 Å². The van der Waals surface area contributed by atoms with E-state index < -0.39 is 0 Å². The Kier molecular flexibility index (Phi) is 12.6. The van der Waals surface area contributed by atoms with Crippen LogP contribution < -0.4 is 5.32 Å². The number of carbonyl (C=O) groups excluding carboxylic acids is 1. The Labute approximate surface area is 195 Å². The normalized spacial score (nSPS) is 17.4. The molecule has 31 heavy (non-hydrogen) atoms. The van der Waals surface area contributed by atoms with Crippen LogP contribution in [-0.2, 0) is 9.53 Å². The van der Waals surface area contributed by atoms with E-state index in [0.29, 0.717) is 18.5 Å². The van der Waals surface area contributed by atoms with E-state index in [0.717, 1.165) is 23.6 Å². The largest absolute Gasteiger partial charge is 0.469 e. The van der Waals surface area contributed by atoms with Gasteiger partial charge < -0.3 is 15.0 Å². The van der Waals surface area contributed by atoms with Crippen molar-refractivity contribution in [1.82, 2.24) is 4.90 Å². The minimum atomic E-state index is -0.0920. The van der Waals surface area contributed by atoms with Gasteiger partial charge >= 0.3 is 5.97 Å². The molecule has 2 rings (SSSR count). The molecule has 0 spiro atoms. The molecule has 0 radical (unpaired) electrons. The number of nitrogens with zero attached hydrogens (tertiary/aromatic N) is 1. The molecule has 174 valence electrons. The van der Waals surface area contributed by atoms with Crippen LogP contribution in [0.4, 0.5) is 5.69 Å². The van der Waals surface area contributed by atoms with Crippen LogP contribution in [-0.4, -0.2) is 35.2 Å². The summed E-state index contributed by atoms with van der Waals surface area (Å²) in [5.74, 6) is -0.0920. The average molecular weight is 447 g/mol. The second kappa shape index (κ2) is 15.2. The van der Waals surface area contributed by atoms with Crippen LogP contribution in [0.1, 0.15) is 96.8 Å². The fourth-order valence-electron chi connectivity index (χ4n) is 4.40. The number of unbranched alkanes of at least 4 members (excludes halogenated alkanes) is 9. The lowest BCUT2D eigenvalue weighted by Crippen LogP contribution is -2.21. The maximum atomic E-state index is 11.2. The summed E-state index contributed by atoms with van der Waals surface area (Å²) in [7, 11) is 1.46. The predicted molar refractivity (Wildman–Crippen MR) is 134 cm³/mol. The zero-order chi connectivity index (χ0) is 22.3. The number of esters is 1. The highest BCUT2D eigenvalue weighted by Crippen LogP contribution is 2.37. The maximum absolute atomic E-state index is 11.2. The Morgan fingerprint density at radius 3 is 2.03 bits per heavy atom. The number of carbonyl (C=O) groups is 1. The van der Waals surface area contributed by atoms with E-state index in [2.05, 4.69) is 29.3 Å². The Morgan fingerprint density at radius 2 is 1.45 bits per heavy atom. The fraction of sp³-hybridized carbons (Fsp3) is 0.692. The number of hydrogen-bond acceptors (Lipinski definition) is 3. The highest BCUT2D eigenvalue weighted by Gasteiger charge is 2.47. The van der Waals surface area contributed by atoms with Crippen LogP contribution >= 0.6 is 12.2 Å². The molecular weight excluding hydrogens is 404 g/mol. The lowest BCUT2D eigenvalue weighted by atomic mass is 10.0. The summed E-state index contributed by atoms with van der Waals surface area (Å²) in [6.07, 6.45) is 16.8. The van der Waals surface area contributed by atoms with Crippen LogP contribution in [0.3, 0.4) is 0 Å². The van der Waals surface area contributed by atoms with Crippen molar-refractivity contribution >= 4 is 29.0 Å². The zero-order valence-corrected chi connectivity index (χ0v) is 20.4. The van der Waals surface area contributed by atoms with Gasteiger partial charge in [-0.1, -0.05) is 89.3 Å². The Morgan fingerprint density at radius 1 is 0.903 bits per heavy atom. The maximum Gasteiger partial charge on any atom is 0.305 e. The number of anilines is 1. The van der Waals surface area contributed by atoms with Gasteiger partial charge in [-0.05, 0) is 43.6 Å². The van der Waals surface area contributed by atoms with Crippen molar-refractivity contribution < 1.29 is 9.53 Å². The van der Waals surface area contributed by atoms with Crippen molar-refractivity contribution in [2.75, 3.05) is 12.4 Å². The number of thiocarbonyl (C=S) groups is 1. The van der Waals surface area contributed by atoms with Crippen LogP contribution in [0, 0.1) is 0 Å². The van der Waals surface area contributed by atoms with E-state index in [-0.39, 0.29) is 5.97 Å². The molecule has 0 unspecified atom stereocenters. The molecule has 1 fully saturated rings. The molecular formula is C26H42N2O2S. The topological polar surface area (TPSA) is 41.3 Å². The third-order valence-corrected chi connectivity index (χ3v) is 6.60. The van der Waals surface area contributed by atoms with E-state index in [1.54, 1.807) is 0 Å². The van der Waals surface area contributed by atoms with Gasteiger partial charge in [0.25, 0.3) is 0 Å². The van der Waals surface area contributed by atoms with Gasteiger partial charge in [0.2, 0.25) is 0 Å². The van der Waals surface area contributed by atoms with Crippen molar-refractivity contribution in [3.8, 4) is 0 Å². The van der Waals surface area contributed by atoms with Crippen molar-refractivity contribution in [1.29, 1.82) is 0 Å². The molecule has 1 aliphatic heterocycles. The zero-order valence-electron chi connectivity index (χ0n) is 19.6. The van der Waals surface area contributed by atoms with Crippen LogP contribution in [0.15, 0.2) is 30.3 Å². The van der Waals surface area contributed by atoms with Gasteiger partial charge in [0.05, 0.1) is 19.2 Å². The summed E-state index contributed by atoms with van der Waals surface area (Å²) in [6, 6.07) is 11.4. The molecule has 5 heteroatoms. The number of para-hydroxylation sites is 1. The van der Waals surface area contributed by atoms with E-state index in [1.165, 1.54) is 77.7 Å². The smallest absolute Gasteiger partial charge is 0.305 e. The quantitative estimate of drug-likeness (QED) is 0.127. The fourth-order valence-corrected chi connectivity index (χ4v) is 4.79. The van der Waals surface area contributed by atoms with E-state index >= 15 is 0 Å². The number of benzene rings is 1. The molecule has 0 bridgehead atoms. The molecule has 0 amide bonds. The highest BCUT2D eigenvalue weighted by molar-refractivity contribution is 7.80. The predicted octanol–water partition coefficient (Wildman–Crippen LogP) is 7.09. The third kappa shape index (κ3) is 10.0. The first kappa shape index (κ1) is 25.6. The molecule has 1 saturated heterocycles. The number of rotatable bonds is 16. The number of methoxy groups -OCH3 is 1. The number of hydrogen-bond donors (Lipinski definition) is 1. The number of ether oxygens (including phenoxy) is 1. The summed E-state index contributed by atoms with van der Waals surface area (Å²) in [5.41, 5.74) is 1.07. The Balaban J connectivity index is 1.70. The van der Waals surface area contributed by atoms with Gasteiger partial charge in [-0.25, -0.2) is 0 Å². The van der Waals surface area contributed by atoms with Crippen molar-refractivity contribution in [3.63, 3.8) is 0 Å². The van der Waals surface area contributed by atoms with Crippen LogP contribution in [0.5, 0.6) is 0 Å². The molecule has 1 aromatic rings. The van der Waals surface area contributed by atoms with Crippen molar-refractivity contribution in [2.45, 2.75) is 109 Å². The molecule has 0 aliphatic carbocycles. The van der Waals surface area contributed by atoms with Gasteiger partial charge in [0.1, 0.15) is 0 Å². The summed E-state index contributed by atoms with van der Waals surface area (Å²) >= 11 is 5.76. The highest BCUT2D eigenvalue weighted by atomic mass is 32.1. The van der Waals surface area contributed by atoms with Crippen LogP contribution in [0.2, 0.25) is 0 Å². The first-order valence-electron chi connectivity index (χ1n) is 12.4. The molecule has 1 aromatic carbocycles. The lowest BCUT2D eigenvalue weighted by molar-refractivity contribution is -0.140. The minimum absolute atomic E-state index is 0.0920. The molecule has 1 heterocycles. The van der Waals surface area contributed by atoms with Gasteiger partial charge in [-0.2, -0.15) is 0 Å². The summed E-state index contributed by atoms with van der Waals surface area (Å²) in [4.78, 5) is 13.6. The monoisotopic (exact) mass is 446 g/mol. The van der Waals surface area contributed by atoms with Crippen LogP contribution in [0.25, 0.3) is 0 Å². The molecule has 2 atom stereocenters. The summed E-state index contributed by atoms with van der Waals surface area (Å²) in [6.45, 7) is 2.27. The summed E-state index contributed by atoms with van der Waals surface area (Å²) < 4.78 is 4.70. The second-order valence-electron chi connectivity index (χ2n) is 8.78. The Bertz CT molecular complexity index is 638. The third-order valence-electron chi connectivity index (χ3n) is 6.29. The SMILES string of the molecule is CCCCCCCC[C@@H]1[C@H](CCCCCCCC(=O)OC)N1C(=S)Nc1ccccc1. The van der Waals surface area contributed by atoms with Gasteiger partial charge in [0, 0.05) is 12.1 Å². The Hall–Kier alpha value is -1.62. The molecule has 4 nitrogen and oxygen atoms in total. The second-order valence-corrected chi connectivity index (χ2v) is 9.16. The number of nitrogens with one attached hydrogen (secondary N) is 1. The average Bonchev–Trinajstić information content (AvgIpc) is 3.48. The van der Waals surface area contributed by atoms with E-state index in [9.17, 15) is 4.79 Å². The van der Waals surface area contributed by atoms with E-state index in [4.69, 9.17) is 17.0 Å². The lowest BCUT2D eigenvalue weighted by Gasteiger charge is -2.11. The molecule has 1 aliphatic rings. The molecule has 0 saturated carbocycles. The molecule has 0 aromatic heterocycles. The first-order chi connectivity index (χ1) is 15.2. The molecule has 1 N–H and O–H groups in total. The van der Waals surface area contributed by atoms with Gasteiger partial charge in [-0.3, -0.25) is 4.79 Å². The van der Waals surface area contributed by atoms with Crippen molar-refractivity contribution in [2.24, 2.45) is 0 Å².